The summed E-state index contributed by atoms with van der Waals surface area (Å²) in [5.41, 5.74) is -0.131. The monoisotopic (exact) mass is 258 g/mol. The molecule has 1 aromatic rings. The highest BCUT2D eigenvalue weighted by molar-refractivity contribution is 5.97. The number of hydrogen-bond donors (Lipinski definition) is 1. The van der Waals surface area contributed by atoms with E-state index in [2.05, 4.69) is 11.4 Å². The lowest BCUT2D eigenvalue weighted by Crippen LogP contribution is -2.32. The van der Waals surface area contributed by atoms with Crippen LogP contribution in [0, 0.1) is 16.7 Å². The summed E-state index contributed by atoms with van der Waals surface area (Å²) in [5, 5.41) is 12.1. The van der Waals surface area contributed by atoms with Gasteiger partial charge in [0.05, 0.1) is 12.7 Å². The molecule has 1 aromatic carbocycles. The van der Waals surface area contributed by atoms with Crippen LogP contribution in [0.4, 0.5) is 5.69 Å². The third kappa shape index (κ3) is 2.87. The number of amides is 1. The summed E-state index contributed by atoms with van der Waals surface area (Å²) in [6, 6.07) is 9.41. The average Bonchev–Trinajstić information content (AvgIpc) is 2.91. The van der Waals surface area contributed by atoms with Crippen LogP contribution < -0.4 is 10.1 Å². The molecule has 0 unspecified atom stereocenters. The lowest BCUT2D eigenvalue weighted by Gasteiger charge is -2.19. The molecule has 1 aliphatic carbocycles. The minimum Gasteiger partial charge on any atom is -0.494 e. The van der Waals surface area contributed by atoms with Gasteiger partial charge >= 0.3 is 0 Å². The van der Waals surface area contributed by atoms with Gasteiger partial charge in [-0.2, -0.15) is 5.26 Å². The topological polar surface area (TPSA) is 62.1 Å². The first kappa shape index (κ1) is 13.4. The van der Waals surface area contributed by atoms with Crippen LogP contribution in [-0.4, -0.2) is 12.5 Å². The summed E-state index contributed by atoms with van der Waals surface area (Å²) in [6.07, 6.45) is 3.22. The zero-order valence-corrected chi connectivity index (χ0v) is 11.1. The summed E-state index contributed by atoms with van der Waals surface area (Å²) in [4.78, 5) is 12.2. The van der Waals surface area contributed by atoms with Gasteiger partial charge in [0.1, 0.15) is 11.2 Å². The Morgan fingerprint density at radius 2 is 2.00 bits per heavy atom. The van der Waals surface area contributed by atoms with Crippen LogP contribution in [0.1, 0.15) is 32.6 Å². The maximum Gasteiger partial charge on any atom is 0.244 e. The smallest absolute Gasteiger partial charge is 0.244 e. The third-order valence-corrected chi connectivity index (χ3v) is 3.53. The fourth-order valence-electron chi connectivity index (χ4n) is 2.42. The fourth-order valence-corrected chi connectivity index (χ4v) is 2.42. The molecule has 100 valence electrons. The molecule has 0 heterocycles. The van der Waals surface area contributed by atoms with E-state index >= 15 is 0 Å². The van der Waals surface area contributed by atoms with Crippen LogP contribution in [-0.2, 0) is 4.79 Å². The first-order chi connectivity index (χ1) is 9.20. The van der Waals surface area contributed by atoms with Crippen molar-refractivity contribution in [2.75, 3.05) is 11.9 Å². The highest BCUT2D eigenvalue weighted by Crippen LogP contribution is 2.38. The SMILES string of the molecule is CCOc1ccc(NC(=O)C2(C#N)CCCC2)cc1. The van der Waals surface area contributed by atoms with Crippen molar-refractivity contribution in [1.29, 1.82) is 5.26 Å². The zero-order chi connectivity index (χ0) is 13.7. The first-order valence-corrected chi connectivity index (χ1v) is 6.66. The number of ether oxygens (including phenoxy) is 1. The normalized spacial score (nSPS) is 16.6. The molecule has 1 aliphatic rings. The van der Waals surface area contributed by atoms with Gasteiger partial charge in [-0.1, -0.05) is 12.8 Å². The van der Waals surface area contributed by atoms with E-state index in [-0.39, 0.29) is 5.91 Å². The zero-order valence-electron chi connectivity index (χ0n) is 11.1. The minimum absolute atomic E-state index is 0.184. The van der Waals surface area contributed by atoms with Crippen molar-refractivity contribution < 1.29 is 9.53 Å². The van der Waals surface area contributed by atoms with Gasteiger partial charge in [0.15, 0.2) is 0 Å². The summed E-state index contributed by atoms with van der Waals surface area (Å²) in [7, 11) is 0. The van der Waals surface area contributed by atoms with Gasteiger partial charge in [-0.3, -0.25) is 4.79 Å². The van der Waals surface area contributed by atoms with Gasteiger partial charge in [-0.05, 0) is 44.0 Å². The predicted octanol–water partition coefficient (Wildman–Crippen LogP) is 3.11. The Bertz CT molecular complexity index is 482. The second-order valence-corrected chi connectivity index (χ2v) is 4.81. The van der Waals surface area contributed by atoms with E-state index in [0.29, 0.717) is 25.1 Å². The Morgan fingerprint density at radius 3 is 2.53 bits per heavy atom. The van der Waals surface area contributed by atoms with Crippen molar-refractivity contribution in [2.45, 2.75) is 32.6 Å². The second kappa shape index (κ2) is 5.75. The molecular weight excluding hydrogens is 240 g/mol. The Labute approximate surface area is 113 Å². The van der Waals surface area contributed by atoms with Crippen LogP contribution in [0.5, 0.6) is 5.75 Å². The molecule has 2 rings (SSSR count). The molecule has 0 radical (unpaired) electrons. The van der Waals surface area contributed by atoms with Crippen LogP contribution in [0.15, 0.2) is 24.3 Å². The van der Waals surface area contributed by atoms with Gasteiger partial charge in [0.2, 0.25) is 5.91 Å². The standard InChI is InChI=1S/C15H18N2O2/c1-2-19-13-7-5-12(6-8-13)17-14(18)15(11-16)9-3-4-10-15/h5-8H,2-4,9-10H2,1H3,(H,17,18). The average molecular weight is 258 g/mol. The molecule has 0 aromatic heterocycles. The predicted molar refractivity (Wildman–Crippen MR) is 72.8 cm³/mol. The molecule has 0 atom stereocenters. The maximum atomic E-state index is 12.2. The van der Waals surface area contributed by atoms with Gasteiger partial charge in [0, 0.05) is 5.69 Å². The van der Waals surface area contributed by atoms with Crippen LogP contribution in [0.25, 0.3) is 0 Å². The van der Waals surface area contributed by atoms with Crippen LogP contribution >= 0.6 is 0 Å². The molecule has 1 amide bonds. The number of nitrogens with zero attached hydrogens (tertiary/aromatic N) is 1. The molecule has 4 nitrogen and oxygen atoms in total. The van der Waals surface area contributed by atoms with E-state index in [4.69, 9.17) is 4.74 Å². The van der Waals surface area contributed by atoms with Crippen molar-refractivity contribution in [1.82, 2.24) is 0 Å². The molecule has 4 heteroatoms. The number of benzene rings is 1. The molecule has 0 aliphatic heterocycles. The lowest BCUT2D eigenvalue weighted by atomic mass is 9.87. The van der Waals surface area contributed by atoms with Crippen LogP contribution in [0.2, 0.25) is 0 Å². The summed E-state index contributed by atoms with van der Waals surface area (Å²) in [5.74, 6) is 0.591. The highest BCUT2D eigenvalue weighted by Gasteiger charge is 2.41. The second-order valence-electron chi connectivity index (χ2n) is 4.81. The fraction of sp³-hybridized carbons (Fsp3) is 0.467. The van der Waals surface area contributed by atoms with Gasteiger partial charge in [0.25, 0.3) is 0 Å². The summed E-state index contributed by atoms with van der Waals surface area (Å²) in [6.45, 7) is 2.54. The molecule has 1 saturated carbocycles. The Hall–Kier alpha value is -2.02. The molecule has 0 saturated heterocycles. The summed E-state index contributed by atoms with van der Waals surface area (Å²) >= 11 is 0. The van der Waals surface area contributed by atoms with Crippen LogP contribution in [0.3, 0.4) is 0 Å². The molecule has 0 bridgehead atoms. The van der Waals surface area contributed by atoms with Crippen molar-refractivity contribution in [2.24, 2.45) is 5.41 Å². The molecule has 1 N–H and O–H groups in total. The number of carbonyl (C=O) groups is 1. The number of nitriles is 1. The van der Waals surface area contributed by atoms with E-state index in [1.807, 2.05) is 19.1 Å². The highest BCUT2D eigenvalue weighted by atomic mass is 16.5. The molecule has 0 spiro atoms. The van der Waals surface area contributed by atoms with E-state index in [1.54, 1.807) is 12.1 Å². The number of nitrogens with one attached hydrogen (secondary N) is 1. The van der Waals surface area contributed by atoms with E-state index in [9.17, 15) is 10.1 Å². The Morgan fingerprint density at radius 1 is 1.37 bits per heavy atom. The molecule has 19 heavy (non-hydrogen) atoms. The van der Waals surface area contributed by atoms with Crippen molar-refractivity contribution in [3.05, 3.63) is 24.3 Å². The van der Waals surface area contributed by atoms with E-state index in [1.165, 1.54) is 0 Å². The van der Waals surface area contributed by atoms with Gasteiger partial charge in [-0.25, -0.2) is 0 Å². The molecule has 1 fully saturated rings. The third-order valence-electron chi connectivity index (χ3n) is 3.53. The largest absolute Gasteiger partial charge is 0.494 e. The van der Waals surface area contributed by atoms with Crippen molar-refractivity contribution in [3.8, 4) is 11.8 Å². The van der Waals surface area contributed by atoms with E-state index < -0.39 is 5.41 Å². The molecular formula is C15H18N2O2. The first-order valence-electron chi connectivity index (χ1n) is 6.66. The maximum absolute atomic E-state index is 12.2. The summed E-state index contributed by atoms with van der Waals surface area (Å²) < 4.78 is 5.34. The van der Waals surface area contributed by atoms with E-state index in [0.717, 1.165) is 18.6 Å². The number of hydrogen-bond acceptors (Lipinski definition) is 3. The number of anilines is 1. The minimum atomic E-state index is -0.835. The van der Waals surface area contributed by atoms with Crippen molar-refractivity contribution in [3.63, 3.8) is 0 Å². The van der Waals surface area contributed by atoms with Gasteiger partial charge in [-0.15, -0.1) is 0 Å². The van der Waals surface area contributed by atoms with Crippen molar-refractivity contribution >= 4 is 11.6 Å². The Kier molecular flexibility index (Phi) is 4.06. The number of carbonyl (C=O) groups excluding carboxylic acids is 1. The quantitative estimate of drug-likeness (QED) is 0.902. The Balaban J connectivity index is 2.04. The lowest BCUT2D eigenvalue weighted by molar-refractivity contribution is -0.122. The number of rotatable bonds is 4. The van der Waals surface area contributed by atoms with Gasteiger partial charge < -0.3 is 10.1 Å².